The first-order chi connectivity index (χ1) is 11.7. The number of benzene rings is 2. The van der Waals surface area contributed by atoms with Gasteiger partial charge in [-0.15, -0.1) is 0 Å². The number of nitrogens with zero attached hydrogens (tertiary/aromatic N) is 3. The van der Waals surface area contributed by atoms with Gasteiger partial charge in [-0.3, -0.25) is 4.79 Å². The van der Waals surface area contributed by atoms with E-state index in [1.165, 1.54) is 11.3 Å². The summed E-state index contributed by atoms with van der Waals surface area (Å²) >= 11 is 1.46. The normalized spacial score (nSPS) is 11.2. The van der Waals surface area contributed by atoms with Gasteiger partial charge in [0.2, 0.25) is 0 Å². The second kappa shape index (κ2) is 5.72. The summed E-state index contributed by atoms with van der Waals surface area (Å²) in [4.78, 5) is 22.3. The molecule has 2 aromatic heterocycles. The van der Waals surface area contributed by atoms with Gasteiger partial charge in [0, 0.05) is 6.42 Å². The van der Waals surface area contributed by atoms with E-state index in [1.807, 2.05) is 43.3 Å². The zero-order valence-electron chi connectivity index (χ0n) is 13.3. The number of ether oxygens (including phenoxy) is 1. The summed E-state index contributed by atoms with van der Waals surface area (Å²) in [7, 11) is 1.62. The molecule has 0 fully saturated rings. The van der Waals surface area contributed by atoms with Crippen LogP contribution in [0, 0.1) is 0 Å². The molecule has 2 aromatic carbocycles. The van der Waals surface area contributed by atoms with Crippen molar-refractivity contribution < 1.29 is 4.74 Å². The number of methoxy groups -OCH3 is 1. The monoisotopic (exact) mass is 337 g/mol. The Balaban J connectivity index is 2.06. The van der Waals surface area contributed by atoms with Gasteiger partial charge >= 0.3 is 0 Å². The largest absolute Gasteiger partial charge is 0.494 e. The van der Waals surface area contributed by atoms with Crippen molar-refractivity contribution in [1.29, 1.82) is 0 Å². The van der Waals surface area contributed by atoms with Gasteiger partial charge in [0.15, 0.2) is 5.13 Å². The van der Waals surface area contributed by atoms with E-state index in [0.29, 0.717) is 34.0 Å². The van der Waals surface area contributed by atoms with Crippen LogP contribution in [0.4, 0.5) is 0 Å². The molecular formula is C18H15N3O2S. The Morgan fingerprint density at radius 1 is 1.12 bits per heavy atom. The highest BCUT2D eigenvalue weighted by molar-refractivity contribution is 7.20. The Morgan fingerprint density at radius 2 is 1.96 bits per heavy atom. The average molecular weight is 337 g/mol. The summed E-state index contributed by atoms with van der Waals surface area (Å²) in [6, 6.07) is 13.2. The molecule has 0 unspecified atom stereocenters. The van der Waals surface area contributed by atoms with Crippen LogP contribution in [0.15, 0.2) is 47.3 Å². The SMILES string of the molecule is CCc1nc2ccccc2c(=O)n1-c1nc2c(OC)cccc2s1. The third-order valence-corrected chi connectivity index (χ3v) is 4.95. The molecule has 24 heavy (non-hydrogen) atoms. The number of aromatic nitrogens is 3. The van der Waals surface area contributed by atoms with Crippen LogP contribution in [0.25, 0.3) is 26.3 Å². The molecule has 0 aliphatic heterocycles. The molecule has 5 nitrogen and oxygen atoms in total. The number of para-hydroxylation sites is 2. The minimum atomic E-state index is -0.0875. The average Bonchev–Trinajstić information content (AvgIpc) is 3.05. The van der Waals surface area contributed by atoms with E-state index in [0.717, 1.165) is 10.2 Å². The lowest BCUT2D eigenvalue weighted by atomic mass is 10.2. The van der Waals surface area contributed by atoms with Crippen LogP contribution in [-0.2, 0) is 6.42 Å². The summed E-state index contributed by atoms with van der Waals surface area (Å²) in [5.74, 6) is 1.41. The molecular weight excluding hydrogens is 322 g/mol. The maximum absolute atomic E-state index is 13.0. The fourth-order valence-electron chi connectivity index (χ4n) is 2.79. The molecule has 4 rings (SSSR count). The van der Waals surface area contributed by atoms with Crippen LogP contribution >= 0.6 is 11.3 Å². The highest BCUT2D eigenvalue weighted by Crippen LogP contribution is 2.31. The van der Waals surface area contributed by atoms with Crippen molar-refractivity contribution in [3.8, 4) is 10.9 Å². The van der Waals surface area contributed by atoms with Crippen molar-refractivity contribution in [2.24, 2.45) is 0 Å². The Bertz CT molecular complexity index is 1110. The second-order valence-corrected chi connectivity index (χ2v) is 6.35. The summed E-state index contributed by atoms with van der Waals surface area (Å²) in [6.45, 7) is 1.99. The molecule has 0 N–H and O–H groups in total. The lowest BCUT2D eigenvalue weighted by molar-refractivity contribution is 0.419. The van der Waals surface area contributed by atoms with Crippen LogP contribution in [0.1, 0.15) is 12.7 Å². The first-order valence-electron chi connectivity index (χ1n) is 7.67. The predicted octanol–water partition coefficient (Wildman–Crippen LogP) is 3.57. The van der Waals surface area contributed by atoms with E-state index < -0.39 is 0 Å². The Labute approximate surface area is 142 Å². The van der Waals surface area contributed by atoms with Crippen molar-refractivity contribution in [3.63, 3.8) is 0 Å². The van der Waals surface area contributed by atoms with Gasteiger partial charge in [-0.1, -0.05) is 36.5 Å². The Morgan fingerprint density at radius 3 is 2.75 bits per heavy atom. The molecule has 0 amide bonds. The first kappa shape index (κ1) is 14.8. The lowest BCUT2D eigenvalue weighted by Gasteiger charge is -2.09. The standard InChI is InChI=1S/C18H15N3O2S/c1-3-15-19-12-8-5-4-7-11(12)17(22)21(15)18-20-16-13(23-2)9-6-10-14(16)24-18/h4-10H,3H2,1-2H3. The molecule has 0 radical (unpaired) electrons. The third kappa shape index (κ3) is 2.18. The van der Waals surface area contributed by atoms with E-state index in [-0.39, 0.29) is 5.56 Å². The van der Waals surface area contributed by atoms with Crippen LogP contribution in [0.3, 0.4) is 0 Å². The minimum absolute atomic E-state index is 0.0875. The zero-order valence-corrected chi connectivity index (χ0v) is 14.1. The van der Waals surface area contributed by atoms with Crippen LogP contribution in [0.5, 0.6) is 5.75 Å². The zero-order chi connectivity index (χ0) is 16.7. The molecule has 0 aliphatic carbocycles. The number of fused-ring (bicyclic) bond motifs is 2. The molecule has 0 spiro atoms. The van der Waals surface area contributed by atoms with Crippen LogP contribution < -0.4 is 10.3 Å². The Kier molecular flexibility index (Phi) is 3.54. The molecule has 6 heteroatoms. The van der Waals surface area contributed by atoms with Gasteiger partial charge in [0.25, 0.3) is 5.56 Å². The van der Waals surface area contributed by atoms with E-state index >= 15 is 0 Å². The summed E-state index contributed by atoms with van der Waals surface area (Å²) in [6.07, 6.45) is 0.646. The summed E-state index contributed by atoms with van der Waals surface area (Å²) in [5, 5.41) is 1.22. The molecule has 4 aromatic rings. The smallest absolute Gasteiger partial charge is 0.267 e. The maximum Gasteiger partial charge on any atom is 0.267 e. The maximum atomic E-state index is 13.0. The number of aryl methyl sites for hydroxylation is 1. The number of thiazole rings is 1. The van der Waals surface area contributed by atoms with Gasteiger partial charge in [-0.05, 0) is 24.3 Å². The highest BCUT2D eigenvalue weighted by atomic mass is 32.1. The van der Waals surface area contributed by atoms with Gasteiger partial charge in [-0.25, -0.2) is 14.5 Å². The van der Waals surface area contributed by atoms with E-state index in [2.05, 4.69) is 9.97 Å². The number of hydrogen-bond donors (Lipinski definition) is 0. The van der Waals surface area contributed by atoms with Gasteiger partial charge in [0.05, 0.1) is 22.7 Å². The number of hydrogen-bond acceptors (Lipinski definition) is 5. The fraction of sp³-hybridized carbons (Fsp3) is 0.167. The summed E-state index contributed by atoms with van der Waals surface area (Å²) < 4.78 is 7.97. The minimum Gasteiger partial charge on any atom is -0.494 e. The van der Waals surface area contributed by atoms with Crippen molar-refractivity contribution >= 4 is 32.5 Å². The van der Waals surface area contributed by atoms with Crippen molar-refractivity contribution in [2.75, 3.05) is 7.11 Å². The molecule has 0 aliphatic rings. The van der Waals surface area contributed by atoms with Crippen molar-refractivity contribution in [3.05, 3.63) is 58.6 Å². The van der Waals surface area contributed by atoms with E-state index in [9.17, 15) is 4.79 Å². The van der Waals surface area contributed by atoms with Crippen LogP contribution in [-0.4, -0.2) is 21.6 Å². The molecule has 0 atom stereocenters. The molecule has 0 saturated carbocycles. The van der Waals surface area contributed by atoms with Gasteiger partial charge < -0.3 is 4.74 Å². The predicted molar refractivity (Wildman–Crippen MR) is 96.4 cm³/mol. The quantitative estimate of drug-likeness (QED) is 0.573. The Hall–Kier alpha value is -2.73. The van der Waals surface area contributed by atoms with Crippen LogP contribution in [0.2, 0.25) is 0 Å². The second-order valence-electron chi connectivity index (χ2n) is 5.34. The van der Waals surface area contributed by atoms with Crippen molar-refractivity contribution in [2.45, 2.75) is 13.3 Å². The topological polar surface area (TPSA) is 57.0 Å². The first-order valence-corrected chi connectivity index (χ1v) is 8.49. The highest BCUT2D eigenvalue weighted by Gasteiger charge is 2.16. The van der Waals surface area contributed by atoms with Crippen molar-refractivity contribution in [1.82, 2.24) is 14.5 Å². The molecule has 0 saturated heterocycles. The lowest BCUT2D eigenvalue weighted by Crippen LogP contribution is -2.23. The van der Waals surface area contributed by atoms with Gasteiger partial charge in [0.1, 0.15) is 17.1 Å². The molecule has 120 valence electrons. The summed E-state index contributed by atoms with van der Waals surface area (Å²) in [5.41, 5.74) is 1.40. The fourth-order valence-corrected chi connectivity index (χ4v) is 3.79. The number of rotatable bonds is 3. The third-order valence-electron chi connectivity index (χ3n) is 3.94. The van der Waals surface area contributed by atoms with E-state index in [1.54, 1.807) is 17.7 Å². The van der Waals surface area contributed by atoms with Gasteiger partial charge in [-0.2, -0.15) is 0 Å². The van der Waals surface area contributed by atoms with E-state index in [4.69, 9.17) is 4.74 Å². The molecule has 0 bridgehead atoms. The molecule has 2 heterocycles.